The quantitative estimate of drug-likeness (QED) is 0.378. The van der Waals surface area contributed by atoms with Crippen LogP contribution in [0.3, 0.4) is 0 Å². The second kappa shape index (κ2) is 8.58. The number of nitro groups is 1. The van der Waals surface area contributed by atoms with Gasteiger partial charge in [-0.2, -0.15) is 13.2 Å². The first-order chi connectivity index (χ1) is 14.1. The van der Waals surface area contributed by atoms with E-state index >= 15 is 0 Å². The van der Waals surface area contributed by atoms with Gasteiger partial charge >= 0.3 is 6.18 Å². The van der Waals surface area contributed by atoms with Crippen LogP contribution in [0.2, 0.25) is 0 Å². The first kappa shape index (κ1) is 21.4. The Kier molecular flexibility index (Phi) is 6.12. The SMILES string of the molecule is Cc1ccc(Sc2ccc(C(=O)Nc3cccc(C(F)(F)F)c3)cc2[N+](=O)[O-])cc1. The number of benzene rings is 3. The molecule has 0 fully saturated rings. The molecule has 0 atom stereocenters. The van der Waals surface area contributed by atoms with Crippen LogP contribution in [0.5, 0.6) is 0 Å². The van der Waals surface area contributed by atoms with Gasteiger partial charge in [0.05, 0.1) is 15.4 Å². The summed E-state index contributed by atoms with van der Waals surface area (Å²) < 4.78 is 38.5. The van der Waals surface area contributed by atoms with Crippen molar-refractivity contribution in [1.29, 1.82) is 0 Å². The number of aryl methyl sites for hydroxylation is 1. The largest absolute Gasteiger partial charge is 0.416 e. The van der Waals surface area contributed by atoms with Crippen molar-refractivity contribution in [2.45, 2.75) is 22.9 Å². The zero-order chi connectivity index (χ0) is 21.9. The van der Waals surface area contributed by atoms with Gasteiger partial charge in [0.1, 0.15) is 0 Å². The molecule has 0 unspecified atom stereocenters. The highest BCUT2D eigenvalue weighted by Crippen LogP contribution is 2.36. The number of hydrogen-bond donors (Lipinski definition) is 1. The highest BCUT2D eigenvalue weighted by molar-refractivity contribution is 7.99. The van der Waals surface area contributed by atoms with E-state index in [0.717, 1.165) is 28.7 Å². The molecule has 1 amide bonds. The van der Waals surface area contributed by atoms with Crippen LogP contribution in [0.25, 0.3) is 0 Å². The molecule has 0 saturated carbocycles. The molecule has 9 heteroatoms. The Morgan fingerprint density at radius 3 is 2.37 bits per heavy atom. The van der Waals surface area contributed by atoms with Gasteiger partial charge in [-0.05, 0) is 49.4 Å². The van der Waals surface area contributed by atoms with E-state index in [0.29, 0.717) is 4.90 Å². The fraction of sp³-hybridized carbons (Fsp3) is 0.0952. The van der Waals surface area contributed by atoms with E-state index in [1.807, 2.05) is 31.2 Å². The number of alkyl halides is 3. The summed E-state index contributed by atoms with van der Waals surface area (Å²) in [5.41, 5.74) is -0.216. The Bertz CT molecular complexity index is 1100. The minimum absolute atomic E-state index is 0.0348. The zero-order valence-electron chi connectivity index (χ0n) is 15.6. The van der Waals surface area contributed by atoms with Gasteiger partial charge in [-0.1, -0.05) is 35.5 Å². The van der Waals surface area contributed by atoms with E-state index in [2.05, 4.69) is 5.32 Å². The van der Waals surface area contributed by atoms with Crippen LogP contribution in [-0.2, 0) is 6.18 Å². The molecular weight excluding hydrogens is 417 g/mol. The number of nitro benzene ring substituents is 1. The Morgan fingerprint density at radius 1 is 1.03 bits per heavy atom. The van der Waals surface area contributed by atoms with Gasteiger partial charge in [0.25, 0.3) is 11.6 Å². The molecule has 0 aliphatic rings. The maximum Gasteiger partial charge on any atom is 0.416 e. The number of halogens is 3. The fourth-order valence-corrected chi connectivity index (χ4v) is 3.50. The average Bonchev–Trinajstić information content (AvgIpc) is 2.69. The van der Waals surface area contributed by atoms with Crippen molar-refractivity contribution < 1.29 is 22.9 Å². The summed E-state index contributed by atoms with van der Waals surface area (Å²) in [7, 11) is 0. The number of hydrogen-bond acceptors (Lipinski definition) is 4. The molecule has 30 heavy (non-hydrogen) atoms. The lowest BCUT2D eigenvalue weighted by molar-refractivity contribution is -0.387. The van der Waals surface area contributed by atoms with Crippen LogP contribution < -0.4 is 5.32 Å². The Morgan fingerprint density at radius 2 is 1.73 bits per heavy atom. The first-order valence-corrected chi connectivity index (χ1v) is 9.47. The Balaban J connectivity index is 1.84. The van der Waals surface area contributed by atoms with Crippen LogP contribution in [0.15, 0.2) is 76.5 Å². The molecule has 0 bridgehead atoms. The van der Waals surface area contributed by atoms with Crippen LogP contribution in [0.4, 0.5) is 24.5 Å². The zero-order valence-corrected chi connectivity index (χ0v) is 16.4. The maximum atomic E-state index is 12.8. The normalized spacial score (nSPS) is 11.2. The topological polar surface area (TPSA) is 72.2 Å². The summed E-state index contributed by atoms with van der Waals surface area (Å²) in [6.07, 6.45) is -4.55. The van der Waals surface area contributed by atoms with Crippen LogP contribution in [0, 0.1) is 17.0 Å². The second-order valence-corrected chi connectivity index (χ2v) is 7.50. The molecule has 3 aromatic rings. The van der Waals surface area contributed by atoms with Crippen LogP contribution in [0.1, 0.15) is 21.5 Å². The molecule has 154 valence electrons. The standard InChI is InChI=1S/C21H15F3N2O3S/c1-13-5-8-17(9-6-13)30-19-10-7-14(11-18(19)26(28)29)20(27)25-16-4-2-3-15(12-16)21(22,23)24/h2-12H,1H3,(H,25,27). The molecule has 1 N–H and O–H groups in total. The highest BCUT2D eigenvalue weighted by atomic mass is 32.2. The lowest BCUT2D eigenvalue weighted by Crippen LogP contribution is -2.13. The summed E-state index contributed by atoms with van der Waals surface area (Å²) in [6.45, 7) is 1.93. The highest BCUT2D eigenvalue weighted by Gasteiger charge is 2.30. The monoisotopic (exact) mass is 432 g/mol. The summed E-state index contributed by atoms with van der Waals surface area (Å²) in [5, 5.41) is 13.8. The summed E-state index contributed by atoms with van der Waals surface area (Å²) >= 11 is 1.18. The summed E-state index contributed by atoms with van der Waals surface area (Å²) in [5.74, 6) is -0.746. The van der Waals surface area contributed by atoms with Gasteiger partial charge in [0.2, 0.25) is 0 Å². The molecule has 3 aromatic carbocycles. The lowest BCUT2D eigenvalue weighted by Gasteiger charge is -2.10. The molecule has 3 rings (SSSR count). The third kappa shape index (κ3) is 5.18. The van der Waals surface area contributed by atoms with Crippen LogP contribution in [-0.4, -0.2) is 10.8 Å². The van der Waals surface area contributed by atoms with E-state index in [1.54, 1.807) is 0 Å². The molecule has 0 aliphatic heterocycles. The number of nitrogens with zero attached hydrogens (tertiary/aromatic N) is 1. The van der Waals surface area contributed by atoms with E-state index in [-0.39, 0.29) is 16.9 Å². The maximum absolute atomic E-state index is 12.8. The van der Waals surface area contributed by atoms with Gasteiger partial charge in [0, 0.05) is 22.2 Å². The molecule has 0 aromatic heterocycles. The molecule has 0 aliphatic carbocycles. The van der Waals surface area contributed by atoms with Crippen molar-refractivity contribution in [3.05, 3.63) is 93.5 Å². The van der Waals surface area contributed by atoms with Gasteiger partial charge in [0.15, 0.2) is 0 Å². The minimum atomic E-state index is -4.55. The first-order valence-electron chi connectivity index (χ1n) is 8.65. The molecule has 0 saturated heterocycles. The van der Waals surface area contributed by atoms with Crippen molar-refractivity contribution in [1.82, 2.24) is 0 Å². The number of anilines is 1. The van der Waals surface area contributed by atoms with Crippen molar-refractivity contribution >= 4 is 29.0 Å². The summed E-state index contributed by atoms with van der Waals surface area (Å²) in [6, 6.07) is 15.5. The third-order valence-electron chi connectivity index (χ3n) is 4.11. The Labute approximate surface area is 174 Å². The van der Waals surface area contributed by atoms with Gasteiger partial charge in [-0.3, -0.25) is 14.9 Å². The number of carbonyl (C=O) groups excluding carboxylic acids is 1. The molecule has 5 nitrogen and oxygen atoms in total. The molecule has 0 radical (unpaired) electrons. The van der Waals surface area contributed by atoms with Crippen molar-refractivity contribution in [3.8, 4) is 0 Å². The predicted octanol–water partition coefficient (Wildman–Crippen LogP) is 6.33. The molecular formula is C21H15F3N2O3S. The van der Waals surface area contributed by atoms with Crippen molar-refractivity contribution in [2.24, 2.45) is 0 Å². The number of rotatable bonds is 5. The average molecular weight is 432 g/mol. The van der Waals surface area contributed by atoms with E-state index in [9.17, 15) is 28.1 Å². The number of amides is 1. The van der Waals surface area contributed by atoms with Crippen molar-refractivity contribution in [3.63, 3.8) is 0 Å². The van der Waals surface area contributed by atoms with Crippen LogP contribution >= 0.6 is 11.8 Å². The summed E-state index contributed by atoms with van der Waals surface area (Å²) in [4.78, 5) is 24.5. The second-order valence-electron chi connectivity index (χ2n) is 6.39. The van der Waals surface area contributed by atoms with E-state index in [4.69, 9.17) is 0 Å². The van der Waals surface area contributed by atoms with Gasteiger partial charge in [-0.25, -0.2) is 0 Å². The number of nitrogens with one attached hydrogen (secondary N) is 1. The molecule has 0 heterocycles. The third-order valence-corrected chi connectivity index (χ3v) is 5.19. The fourth-order valence-electron chi connectivity index (χ4n) is 2.60. The van der Waals surface area contributed by atoms with Gasteiger partial charge < -0.3 is 5.32 Å². The lowest BCUT2D eigenvalue weighted by atomic mass is 10.1. The smallest absolute Gasteiger partial charge is 0.322 e. The van der Waals surface area contributed by atoms with Gasteiger partial charge in [-0.15, -0.1) is 0 Å². The predicted molar refractivity (Wildman–Crippen MR) is 108 cm³/mol. The Hall–Kier alpha value is -3.33. The minimum Gasteiger partial charge on any atom is -0.322 e. The molecule has 0 spiro atoms. The van der Waals surface area contributed by atoms with E-state index < -0.39 is 22.6 Å². The number of carbonyl (C=O) groups is 1. The van der Waals surface area contributed by atoms with E-state index in [1.165, 1.54) is 36.0 Å². The van der Waals surface area contributed by atoms with Crippen molar-refractivity contribution in [2.75, 3.05) is 5.32 Å².